The van der Waals surface area contributed by atoms with Crippen LogP contribution in [0.3, 0.4) is 0 Å². The van der Waals surface area contributed by atoms with Gasteiger partial charge in [0, 0.05) is 50.1 Å². The van der Waals surface area contributed by atoms with Crippen LogP contribution in [0.5, 0.6) is 0 Å². The number of nitrogens with zero attached hydrogens (tertiary/aromatic N) is 2. The average molecular weight is 638 g/mol. The summed E-state index contributed by atoms with van der Waals surface area (Å²) in [7, 11) is 0. The standard InChI is InChI=1S/C20H14N4.C13H9.C6H6.Fe.Si/c1-2-14-10-16-5-6-18(23-16)12-20-8-7-19(24-20)11-17-4-3-15(22-17)9-13(1)21-14;1-3-7-12-10(5-1)9-11-6-2-4-8-13(11)12;1-2-4-6-5-3-1;;/h1-12,21-22H;1-5,7-8H,9H2;1-6H;;/q;-1;;;. The van der Waals surface area contributed by atoms with Crippen molar-refractivity contribution in [2.24, 2.45) is 0 Å². The van der Waals surface area contributed by atoms with E-state index in [9.17, 15) is 0 Å². The van der Waals surface area contributed by atoms with Gasteiger partial charge in [0.05, 0.1) is 22.8 Å². The van der Waals surface area contributed by atoms with Gasteiger partial charge < -0.3 is 9.97 Å². The van der Waals surface area contributed by atoms with Crippen molar-refractivity contribution in [1.82, 2.24) is 19.9 Å². The molecule has 5 heterocycles. The van der Waals surface area contributed by atoms with Gasteiger partial charge in [-0.15, -0.1) is 5.56 Å². The van der Waals surface area contributed by atoms with Gasteiger partial charge in [-0.3, -0.25) is 0 Å². The maximum atomic E-state index is 4.62. The molecule has 2 aliphatic heterocycles. The fraction of sp³-hybridized carbons (Fsp3) is 0.0256. The van der Waals surface area contributed by atoms with E-state index in [-0.39, 0.29) is 28.0 Å². The number of hydrogen-bond acceptors (Lipinski definition) is 2. The van der Waals surface area contributed by atoms with Crippen LogP contribution < -0.4 is 0 Å². The maximum absolute atomic E-state index is 4.62. The van der Waals surface area contributed by atoms with Gasteiger partial charge >= 0.3 is 0 Å². The minimum absolute atomic E-state index is 0. The van der Waals surface area contributed by atoms with Crippen molar-refractivity contribution in [3.63, 3.8) is 0 Å². The largest absolute Gasteiger partial charge is 0.355 e. The van der Waals surface area contributed by atoms with Crippen LogP contribution >= 0.6 is 0 Å². The summed E-state index contributed by atoms with van der Waals surface area (Å²) in [6.07, 6.45) is 9.10. The molecule has 0 unspecified atom stereocenters. The third-order valence-electron chi connectivity index (χ3n) is 7.33. The van der Waals surface area contributed by atoms with Gasteiger partial charge in [0.25, 0.3) is 0 Å². The van der Waals surface area contributed by atoms with Crippen molar-refractivity contribution in [2.45, 2.75) is 6.42 Å². The summed E-state index contributed by atoms with van der Waals surface area (Å²) in [6, 6.07) is 46.5. The Kier molecular flexibility index (Phi) is 10.2. The zero-order valence-corrected chi connectivity index (χ0v) is 26.5. The van der Waals surface area contributed by atoms with Crippen LogP contribution in [0, 0.1) is 6.07 Å². The molecule has 0 amide bonds. The molecule has 3 aromatic heterocycles. The molecule has 45 heavy (non-hydrogen) atoms. The topological polar surface area (TPSA) is 57.4 Å². The van der Waals surface area contributed by atoms with Crippen LogP contribution in [-0.2, 0) is 23.5 Å². The van der Waals surface area contributed by atoms with Crippen molar-refractivity contribution in [2.75, 3.05) is 0 Å². The zero-order valence-electron chi connectivity index (χ0n) is 24.4. The number of aromatic amines is 2. The molecule has 1 aliphatic carbocycles. The number of hydrogen-bond donors (Lipinski definition) is 2. The fourth-order valence-corrected chi connectivity index (χ4v) is 5.33. The van der Waals surface area contributed by atoms with Gasteiger partial charge in [0.1, 0.15) is 0 Å². The number of nitrogens with one attached hydrogen (secondary N) is 2. The summed E-state index contributed by atoms with van der Waals surface area (Å²) in [5.74, 6) is 0. The molecule has 9 rings (SSSR count). The Morgan fingerprint density at radius 2 is 0.956 bits per heavy atom. The number of aromatic nitrogens is 4. The number of fused-ring (bicyclic) bond motifs is 11. The molecule has 0 atom stereocenters. The predicted octanol–water partition coefficient (Wildman–Crippen LogP) is 9.02. The molecule has 8 bridgehead atoms. The predicted molar refractivity (Wildman–Crippen MR) is 185 cm³/mol. The van der Waals surface area contributed by atoms with Crippen molar-refractivity contribution in [1.29, 1.82) is 0 Å². The minimum atomic E-state index is 0. The van der Waals surface area contributed by atoms with Gasteiger partial charge in [-0.05, 0) is 79.3 Å². The van der Waals surface area contributed by atoms with E-state index < -0.39 is 0 Å². The van der Waals surface area contributed by atoms with Crippen LogP contribution in [-0.4, -0.2) is 30.9 Å². The molecule has 218 valence electrons. The van der Waals surface area contributed by atoms with Crippen molar-refractivity contribution < 1.29 is 17.1 Å². The van der Waals surface area contributed by atoms with Crippen LogP contribution in [0.4, 0.5) is 0 Å². The molecule has 0 saturated heterocycles. The molecule has 4 nitrogen and oxygen atoms in total. The van der Waals surface area contributed by atoms with E-state index in [2.05, 4.69) is 92.7 Å². The fourth-order valence-electron chi connectivity index (χ4n) is 5.33. The molecule has 6 heteroatoms. The van der Waals surface area contributed by atoms with Crippen LogP contribution in [0.15, 0.2) is 127 Å². The average Bonchev–Trinajstić information content (AvgIpc) is 3.88. The third kappa shape index (κ3) is 7.75. The first-order valence-corrected chi connectivity index (χ1v) is 14.4. The molecular formula is C39H29FeN4Si-. The van der Waals surface area contributed by atoms with Crippen LogP contribution in [0.1, 0.15) is 33.9 Å². The summed E-state index contributed by atoms with van der Waals surface area (Å²) >= 11 is 0. The Hall–Kier alpha value is -5.00. The first kappa shape index (κ1) is 31.4. The van der Waals surface area contributed by atoms with Gasteiger partial charge in [0.15, 0.2) is 0 Å². The van der Waals surface area contributed by atoms with E-state index >= 15 is 0 Å². The smallest absolute Gasteiger partial charge is 0.0659 e. The summed E-state index contributed by atoms with van der Waals surface area (Å²) < 4.78 is 0. The summed E-state index contributed by atoms with van der Waals surface area (Å²) in [4.78, 5) is 16.0. The molecule has 3 aromatic carbocycles. The second kappa shape index (κ2) is 14.6. The molecule has 0 spiro atoms. The Morgan fingerprint density at radius 3 is 1.51 bits per heavy atom. The number of H-pyrrole nitrogens is 2. The summed E-state index contributed by atoms with van der Waals surface area (Å²) in [5, 5.41) is 0. The van der Waals surface area contributed by atoms with Gasteiger partial charge in [-0.2, -0.15) is 29.8 Å². The molecule has 0 saturated carbocycles. The number of rotatable bonds is 0. The quantitative estimate of drug-likeness (QED) is 0.129. The second-order valence-electron chi connectivity index (χ2n) is 10.5. The van der Waals surface area contributed by atoms with E-state index in [0.29, 0.717) is 0 Å². The maximum Gasteiger partial charge on any atom is 0.0659 e. The Morgan fingerprint density at radius 1 is 0.489 bits per heavy atom. The second-order valence-corrected chi connectivity index (χ2v) is 10.5. The van der Waals surface area contributed by atoms with Gasteiger partial charge in [0.2, 0.25) is 0 Å². The molecule has 3 aliphatic rings. The van der Waals surface area contributed by atoms with E-state index in [0.717, 1.165) is 51.3 Å². The zero-order chi connectivity index (χ0) is 28.8. The summed E-state index contributed by atoms with van der Waals surface area (Å²) in [5.41, 5.74) is 13.4. The van der Waals surface area contributed by atoms with E-state index in [1.807, 2.05) is 85.0 Å². The molecule has 6 aromatic rings. The van der Waals surface area contributed by atoms with E-state index in [4.69, 9.17) is 0 Å². The van der Waals surface area contributed by atoms with E-state index in [1.54, 1.807) is 0 Å². The number of benzene rings is 3. The summed E-state index contributed by atoms with van der Waals surface area (Å²) in [6.45, 7) is 0. The van der Waals surface area contributed by atoms with Gasteiger partial charge in [-0.1, -0.05) is 71.8 Å². The molecule has 0 fully saturated rings. The Labute approximate surface area is 278 Å². The van der Waals surface area contributed by atoms with Crippen molar-refractivity contribution in [3.05, 3.63) is 167 Å². The van der Waals surface area contributed by atoms with Crippen molar-refractivity contribution >= 4 is 57.3 Å². The van der Waals surface area contributed by atoms with Crippen LogP contribution in [0.2, 0.25) is 0 Å². The third-order valence-corrected chi connectivity index (χ3v) is 7.33. The Balaban J connectivity index is 0.000000160. The first-order valence-electron chi connectivity index (χ1n) is 14.4. The molecule has 2 N–H and O–H groups in total. The van der Waals surface area contributed by atoms with Crippen molar-refractivity contribution in [3.8, 4) is 11.1 Å². The molecular weight excluding hydrogens is 608 g/mol. The minimum Gasteiger partial charge on any atom is -0.355 e. The SMILES string of the molecule is C1=Cc2cc3ccc(cc4ccc(cc5nc(cc1n2)C=C5)[nH]4)[nH]3.[Fe].[Si].[c-]1cccc2c1Cc1ccccc1-2.c1ccccc1. The van der Waals surface area contributed by atoms with Crippen LogP contribution in [0.25, 0.3) is 57.5 Å². The molecule has 4 radical (unpaired) electrons. The normalized spacial score (nSPS) is 11.4. The first-order chi connectivity index (χ1) is 21.2. The van der Waals surface area contributed by atoms with E-state index in [1.165, 1.54) is 22.3 Å². The monoisotopic (exact) mass is 637 g/mol. The van der Waals surface area contributed by atoms with Gasteiger partial charge in [-0.25, -0.2) is 9.97 Å². The Bertz CT molecular complexity index is 1970.